The van der Waals surface area contributed by atoms with Crippen molar-refractivity contribution in [2.45, 2.75) is 39.7 Å². The van der Waals surface area contributed by atoms with Crippen molar-refractivity contribution in [1.82, 2.24) is 19.4 Å². The van der Waals surface area contributed by atoms with E-state index in [0.29, 0.717) is 0 Å². The van der Waals surface area contributed by atoms with Gasteiger partial charge >= 0.3 is 5.69 Å². The van der Waals surface area contributed by atoms with E-state index in [1.54, 1.807) is 7.05 Å². The number of fused-ring (bicyclic) bond motifs is 1. The summed E-state index contributed by atoms with van der Waals surface area (Å²) in [7, 11) is 2.96. The number of nitrogens with one attached hydrogen (secondary N) is 1. The molecule has 1 amide bonds. The van der Waals surface area contributed by atoms with Crippen LogP contribution in [0.1, 0.15) is 54.7 Å². The summed E-state index contributed by atoms with van der Waals surface area (Å²) in [5.41, 5.74) is 1.92. The van der Waals surface area contributed by atoms with E-state index >= 15 is 0 Å². The first-order chi connectivity index (χ1) is 14.2. The fraction of sp³-hybridized carbons (Fsp3) is 0.391. The van der Waals surface area contributed by atoms with Gasteiger partial charge in [-0.2, -0.15) is 0 Å². The van der Waals surface area contributed by atoms with Crippen LogP contribution in [0, 0.1) is 5.92 Å². The van der Waals surface area contributed by atoms with Gasteiger partial charge < -0.3 is 5.32 Å². The van der Waals surface area contributed by atoms with Crippen LogP contribution in [-0.2, 0) is 20.5 Å². The van der Waals surface area contributed by atoms with E-state index < -0.39 is 11.2 Å². The summed E-state index contributed by atoms with van der Waals surface area (Å²) < 4.78 is 2.31. The maximum Gasteiger partial charge on any atom is 0.332 e. The minimum atomic E-state index is -0.470. The van der Waals surface area contributed by atoms with Crippen molar-refractivity contribution in [2.75, 3.05) is 0 Å². The number of hydrogen-bond acceptors (Lipinski definition) is 4. The highest BCUT2D eigenvalue weighted by Crippen LogP contribution is 2.23. The number of carbonyl (C=O) groups excluding carboxylic acids is 1. The fourth-order valence-electron chi connectivity index (χ4n) is 3.63. The molecule has 2 heterocycles. The Kier molecular flexibility index (Phi) is 6.20. The average Bonchev–Trinajstić information content (AvgIpc) is 2.74. The Morgan fingerprint density at radius 3 is 2.37 bits per heavy atom. The predicted molar refractivity (Wildman–Crippen MR) is 118 cm³/mol. The molecule has 0 spiro atoms. The molecule has 0 saturated carbocycles. The molecule has 1 aromatic carbocycles. The third kappa shape index (κ3) is 4.06. The molecular formula is C23H28N4O3. The average molecular weight is 409 g/mol. The lowest BCUT2D eigenvalue weighted by atomic mass is 9.94. The zero-order valence-electron chi connectivity index (χ0n) is 18.1. The number of aryl methyl sites for hydroxylation is 2. The SMILES string of the molecule is CCCc1ccc([C@H](NC(=O)c2cnc3c(c2)c(=O)n(C)c(=O)n3C)C(C)C)cc1. The standard InChI is InChI=1S/C23H28N4O3/c1-6-7-15-8-10-16(11-9-15)19(14(2)3)25-21(28)17-12-18-20(24-13-17)26(4)23(30)27(5)22(18)29/h8-14,19H,6-7H2,1-5H3,(H,25,28)/t19-/m1/s1. The van der Waals surface area contributed by atoms with Gasteiger partial charge in [-0.05, 0) is 29.5 Å². The highest BCUT2D eigenvalue weighted by Gasteiger charge is 2.20. The third-order valence-corrected chi connectivity index (χ3v) is 5.39. The minimum Gasteiger partial charge on any atom is -0.345 e. The summed E-state index contributed by atoms with van der Waals surface area (Å²) in [6, 6.07) is 9.64. The van der Waals surface area contributed by atoms with Crippen molar-refractivity contribution in [3.05, 3.63) is 74.1 Å². The molecule has 30 heavy (non-hydrogen) atoms. The Bertz CT molecular complexity index is 1190. The van der Waals surface area contributed by atoms with Crippen LogP contribution in [0.4, 0.5) is 0 Å². The summed E-state index contributed by atoms with van der Waals surface area (Å²) >= 11 is 0. The van der Waals surface area contributed by atoms with Crippen molar-refractivity contribution in [2.24, 2.45) is 20.0 Å². The molecule has 0 bridgehead atoms. The molecule has 3 rings (SSSR count). The van der Waals surface area contributed by atoms with Gasteiger partial charge in [0.1, 0.15) is 5.65 Å². The fourth-order valence-corrected chi connectivity index (χ4v) is 3.63. The summed E-state index contributed by atoms with van der Waals surface area (Å²) in [6.07, 6.45) is 3.52. The second-order valence-electron chi connectivity index (χ2n) is 7.99. The van der Waals surface area contributed by atoms with Crippen LogP contribution in [0.5, 0.6) is 0 Å². The topological polar surface area (TPSA) is 86.0 Å². The Hall–Kier alpha value is -3.22. The van der Waals surface area contributed by atoms with Gasteiger partial charge in [0, 0.05) is 20.3 Å². The molecule has 0 unspecified atom stereocenters. The zero-order chi connectivity index (χ0) is 22.0. The quantitative estimate of drug-likeness (QED) is 0.680. The molecule has 7 nitrogen and oxygen atoms in total. The maximum absolute atomic E-state index is 13.0. The van der Waals surface area contributed by atoms with E-state index in [1.807, 2.05) is 0 Å². The van der Waals surface area contributed by atoms with E-state index in [2.05, 4.69) is 55.3 Å². The maximum atomic E-state index is 13.0. The minimum absolute atomic E-state index is 0.174. The lowest BCUT2D eigenvalue weighted by molar-refractivity contribution is 0.0925. The lowest BCUT2D eigenvalue weighted by Crippen LogP contribution is -2.37. The molecular weight excluding hydrogens is 380 g/mol. The highest BCUT2D eigenvalue weighted by molar-refractivity contribution is 5.97. The third-order valence-electron chi connectivity index (χ3n) is 5.39. The molecule has 0 aliphatic carbocycles. The summed E-state index contributed by atoms with van der Waals surface area (Å²) in [6.45, 7) is 6.25. The second kappa shape index (κ2) is 8.65. The van der Waals surface area contributed by atoms with Crippen molar-refractivity contribution < 1.29 is 4.79 Å². The summed E-state index contributed by atoms with van der Waals surface area (Å²) in [4.78, 5) is 41.7. The number of nitrogens with zero attached hydrogens (tertiary/aromatic N) is 3. The number of hydrogen-bond donors (Lipinski definition) is 1. The molecule has 1 N–H and O–H groups in total. The molecule has 158 valence electrons. The van der Waals surface area contributed by atoms with Gasteiger partial charge in [-0.25, -0.2) is 9.78 Å². The Labute approximate surface area is 175 Å². The molecule has 0 saturated heterocycles. The van der Waals surface area contributed by atoms with Crippen LogP contribution < -0.4 is 16.6 Å². The Balaban J connectivity index is 1.94. The molecule has 3 aromatic rings. The predicted octanol–water partition coefficient (Wildman–Crippen LogP) is 2.71. The zero-order valence-corrected chi connectivity index (χ0v) is 18.1. The van der Waals surface area contributed by atoms with Gasteiger partial charge in [0.15, 0.2) is 0 Å². The molecule has 2 aromatic heterocycles. The monoisotopic (exact) mass is 408 g/mol. The van der Waals surface area contributed by atoms with E-state index in [9.17, 15) is 14.4 Å². The van der Waals surface area contributed by atoms with Crippen LogP contribution >= 0.6 is 0 Å². The van der Waals surface area contributed by atoms with E-state index in [-0.39, 0.29) is 34.5 Å². The van der Waals surface area contributed by atoms with E-state index in [1.165, 1.54) is 29.4 Å². The first-order valence-corrected chi connectivity index (χ1v) is 10.2. The van der Waals surface area contributed by atoms with E-state index in [0.717, 1.165) is 23.0 Å². The molecule has 0 radical (unpaired) electrons. The Morgan fingerprint density at radius 2 is 1.77 bits per heavy atom. The van der Waals surface area contributed by atoms with Gasteiger partial charge in [-0.1, -0.05) is 51.5 Å². The van der Waals surface area contributed by atoms with Gasteiger partial charge in [-0.15, -0.1) is 0 Å². The first-order valence-electron chi connectivity index (χ1n) is 10.2. The van der Waals surface area contributed by atoms with Crippen LogP contribution in [0.3, 0.4) is 0 Å². The molecule has 0 aliphatic heterocycles. The number of rotatable bonds is 6. The summed E-state index contributed by atoms with van der Waals surface area (Å²) in [5, 5.41) is 3.30. The van der Waals surface area contributed by atoms with Crippen LogP contribution in [0.15, 0.2) is 46.1 Å². The van der Waals surface area contributed by atoms with Crippen LogP contribution in [0.25, 0.3) is 11.0 Å². The normalized spacial score (nSPS) is 12.3. The lowest BCUT2D eigenvalue weighted by Gasteiger charge is -2.23. The molecule has 1 atom stereocenters. The first kappa shape index (κ1) is 21.5. The van der Waals surface area contributed by atoms with Gasteiger partial charge in [-0.3, -0.25) is 18.7 Å². The number of amides is 1. The van der Waals surface area contributed by atoms with Crippen molar-refractivity contribution in [1.29, 1.82) is 0 Å². The molecule has 0 aliphatic rings. The van der Waals surface area contributed by atoms with Gasteiger partial charge in [0.2, 0.25) is 0 Å². The van der Waals surface area contributed by atoms with Gasteiger partial charge in [0.05, 0.1) is 17.0 Å². The number of pyridine rings is 1. The summed E-state index contributed by atoms with van der Waals surface area (Å²) in [5.74, 6) is -0.135. The van der Waals surface area contributed by atoms with Gasteiger partial charge in [0.25, 0.3) is 11.5 Å². The van der Waals surface area contributed by atoms with Crippen LogP contribution in [-0.4, -0.2) is 20.0 Å². The molecule has 0 fully saturated rings. The smallest absolute Gasteiger partial charge is 0.332 e. The highest BCUT2D eigenvalue weighted by atomic mass is 16.2. The van der Waals surface area contributed by atoms with E-state index in [4.69, 9.17) is 0 Å². The largest absolute Gasteiger partial charge is 0.345 e. The Morgan fingerprint density at radius 1 is 1.10 bits per heavy atom. The van der Waals surface area contributed by atoms with Crippen molar-refractivity contribution in [3.63, 3.8) is 0 Å². The van der Waals surface area contributed by atoms with Crippen molar-refractivity contribution >= 4 is 16.9 Å². The van der Waals surface area contributed by atoms with Crippen molar-refractivity contribution in [3.8, 4) is 0 Å². The van der Waals surface area contributed by atoms with Crippen LogP contribution in [0.2, 0.25) is 0 Å². The molecule has 7 heteroatoms. The second-order valence-corrected chi connectivity index (χ2v) is 7.99. The number of carbonyl (C=O) groups is 1. The number of benzene rings is 1. The number of aromatic nitrogens is 3.